The van der Waals surface area contributed by atoms with Gasteiger partial charge in [-0.1, -0.05) is 109 Å². The number of unbranched alkanes of at least 4 members (excludes halogenated alkanes) is 4. The van der Waals surface area contributed by atoms with Gasteiger partial charge in [0.25, 0.3) is 0 Å². The molecule has 178 valence electrons. The van der Waals surface area contributed by atoms with Crippen LogP contribution in [0.5, 0.6) is 0 Å². The molecule has 3 rings (SSSR count). The number of hydrogen-bond donors (Lipinski definition) is 0. The summed E-state index contributed by atoms with van der Waals surface area (Å²) in [5, 5.41) is 9.81. The van der Waals surface area contributed by atoms with Crippen molar-refractivity contribution in [2.45, 2.75) is 135 Å². The summed E-state index contributed by atoms with van der Waals surface area (Å²) < 4.78 is 0. The van der Waals surface area contributed by atoms with E-state index in [0.717, 1.165) is 31.1 Å². The monoisotopic (exact) mass is 435 g/mol. The lowest BCUT2D eigenvalue weighted by molar-refractivity contribution is 0.223. The van der Waals surface area contributed by atoms with Gasteiger partial charge in [0, 0.05) is 0 Å². The Bertz CT molecular complexity index is 665. The first-order valence-electron chi connectivity index (χ1n) is 14.2. The fourth-order valence-electron chi connectivity index (χ4n) is 6.45. The van der Waals surface area contributed by atoms with Gasteiger partial charge in [0.15, 0.2) is 0 Å². The molecule has 0 aromatic heterocycles. The molecule has 0 spiro atoms. The van der Waals surface area contributed by atoms with Gasteiger partial charge in [-0.2, -0.15) is 5.26 Å². The highest BCUT2D eigenvalue weighted by Gasteiger charge is 2.35. The molecule has 2 aliphatic rings. The van der Waals surface area contributed by atoms with E-state index in [0.29, 0.717) is 5.92 Å². The molecule has 0 aliphatic heterocycles. The van der Waals surface area contributed by atoms with Crippen molar-refractivity contribution in [3.05, 3.63) is 35.4 Å². The van der Waals surface area contributed by atoms with E-state index in [1.54, 1.807) is 0 Å². The van der Waals surface area contributed by atoms with E-state index >= 15 is 0 Å². The zero-order valence-electron chi connectivity index (χ0n) is 21.2. The van der Waals surface area contributed by atoms with Crippen LogP contribution in [0, 0.1) is 28.6 Å². The van der Waals surface area contributed by atoms with Crippen molar-refractivity contribution in [1.29, 1.82) is 5.26 Å². The largest absolute Gasteiger partial charge is 0.198 e. The van der Waals surface area contributed by atoms with Crippen LogP contribution in [-0.2, 0) is 6.42 Å². The van der Waals surface area contributed by atoms with E-state index in [-0.39, 0.29) is 5.41 Å². The highest BCUT2D eigenvalue weighted by Crippen LogP contribution is 2.45. The smallest absolute Gasteiger partial charge is 0.0689 e. The first-order valence-corrected chi connectivity index (χ1v) is 14.2. The van der Waals surface area contributed by atoms with Crippen LogP contribution in [0.15, 0.2) is 24.3 Å². The quantitative estimate of drug-likeness (QED) is 0.300. The summed E-state index contributed by atoms with van der Waals surface area (Å²) in [6.07, 6.45) is 23.7. The van der Waals surface area contributed by atoms with Crippen molar-refractivity contribution < 1.29 is 0 Å². The Kier molecular flexibility index (Phi) is 10.6. The van der Waals surface area contributed by atoms with Crippen LogP contribution in [0.1, 0.15) is 140 Å². The summed E-state index contributed by atoms with van der Waals surface area (Å²) in [4.78, 5) is 0. The summed E-state index contributed by atoms with van der Waals surface area (Å²) in [7, 11) is 0. The topological polar surface area (TPSA) is 23.8 Å². The zero-order chi connectivity index (χ0) is 22.7. The molecule has 2 saturated carbocycles. The molecule has 2 fully saturated rings. The highest BCUT2D eigenvalue weighted by atomic mass is 14.4. The Balaban J connectivity index is 1.38. The molecule has 0 saturated heterocycles. The Labute approximate surface area is 199 Å². The molecule has 0 heterocycles. The Morgan fingerprint density at radius 1 is 0.781 bits per heavy atom. The molecular weight excluding hydrogens is 386 g/mol. The third kappa shape index (κ3) is 7.64. The fourth-order valence-corrected chi connectivity index (χ4v) is 6.45. The second kappa shape index (κ2) is 13.4. The second-order valence-electron chi connectivity index (χ2n) is 11.3. The summed E-state index contributed by atoms with van der Waals surface area (Å²) in [6, 6.07) is 12.3. The number of aryl methyl sites for hydroxylation is 1. The van der Waals surface area contributed by atoms with Gasteiger partial charge >= 0.3 is 0 Å². The highest BCUT2D eigenvalue weighted by molar-refractivity contribution is 5.26. The maximum absolute atomic E-state index is 9.81. The lowest BCUT2D eigenvalue weighted by atomic mass is 9.67. The molecule has 0 amide bonds. The molecule has 0 N–H and O–H groups in total. The Morgan fingerprint density at radius 2 is 1.38 bits per heavy atom. The lowest BCUT2D eigenvalue weighted by Crippen LogP contribution is -2.25. The second-order valence-corrected chi connectivity index (χ2v) is 11.3. The van der Waals surface area contributed by atoms with Crippen molar-refractivity contribution in [2.75, 3.05) is 0 Å². The van der Waals surface area contributed by atoms with E-state index in [4.69, 9.17) is 0 Å². The van der Waals surface area contributed by atoms with Crippen molar-refractivity contribution in [2.24, 2.45) is 17.3 Å². The van der Waals surface area contributed by atoms with Gasteiger partial charge in [-0.05, 0) is 73.8 Å². The van der Waals surface area contributed by atoms with Gasteiger partial charge in [0.1, 0.15) is 0 Å². The van der Waals surface area contributed by atoms with Crippen LogP contribution in [0.25, 0.3) is 0 Å². The van der Waals surface area contributed by atoms with Gasteiger partial charge in [0.2, 0.25) is 0 Å². The fraction of sp³-hybridized carbons (Fsp3) is 0.774. The SMILES string of the molecule is CCCCCC1CCC(CCc2ccc(C3CCC(C#N)(CCCCC)CC3)cc2)CC1. The molecule has 1 nitrogen and oxygen atoms in total. The average molecular weight is 436 g/mol. The number of rotatable bonds is 12. The first kappa shape index (κ1) is 25.3. The van der Waals surface area contributed by atoms with E-state index in [9.17, 15) is 5.26 Å². The van der Waals surface area contributed by atoms with Gasteiger partial charge in [-0.15, -0.1) is 0 Å². The summed E-state index contributed by atoms with van der Waals surface area (Å²) in [5.74, 6) is 2.65. The van der Waals surface area contributed by atoms with E-state index in [1.807, 2.05) is 0 Å². The van der Waals surface area contributed by atoms with Crippen molar-refractivity contribution >= 4 is 0 Å². The van der Waals surface area contributed by atoms with Crippen LogP contribution >= 0.6 is 0 Å². The minimum absolute atomic E-state index is 0.0272. The number of nitriles is 1. The minimum Gasteiger partial charge on any atom is -0.198 e. The number of benzene rings is 1. The maximum atomic E-state index is 9.81. The third-order valence-corrected chi connectivity index (χ3v) is 8.91. The standard InChI is InChI=1S/C31H49N/c1-3-5-7-9-26-10-12-27(13-11-26)14-15-28-16-18-29(19-17-28)30-20-23-31(25-32,24-21-30)22-8-6-4-2/h16-19,26-27,30H,3-15,20-24H2,1-2H3. The van der Waals surface area contributed by atoms with Crippen molar-refractivity contribution in [3.8, 4) is 6.07 Å². The summed E-state index contributed by atoms with van der Waals surface area (Å²) in [5.41, 5.74) is 3.02. The lowest BCUT2D eigenvalue weighted by Gasteiger charge is -2.35. The summed E-state index contributed by atoms with van der Waals surface area (Å²) >= 11 is 0. The predicted octanol–water partition coefficient (Wildman–Crippen LogP) is 9.75. The van der Waals surface area contributed by atoms with Crippen LogP contribution in [0.4, 0.5) is 0 Å². The van der Waals surface area contributed by atoms with E-state index in [2.05, 4.69) is 44.2 Å². The Morgan fingerprint density at radius 3 is 1.97 bits per heavy atom. The van der Waals surface area contributed by atoms with Gasteiger partial charge in [-0.25, -0.2) is 0 Å². The van der Waals surface area contributed by atoms with Crippen LogP contribution in [-0.4, -0.2) is 0 Å². The van der Waals surface area contributed by atoms with E-state index in [1.165, 1.54) is 107 Å². The van der Waals surface area contributed by atoms with Crippen LogP contribution in [0.2, 0.25) is 0 Å². The molecule has 1 aromatic carbocycles. The minimum atomic E-state index is -0.0272. The molecule has 0 radical (unpaired) electrons. The van der Waals surface area contributed by atoms with Crippen molar-refractivity contribution in [1.82, 2.24) is 0 Å². The number of nitrogens with zero attached hydrogens (tertiary/aromatic N) is 1. The third-order valence-electron chi connectivity index (χ3n) is 8.91. The molecule has 0 bridgehead atoms. The summed E-state index contributed by atoms with van der Waals surface area (Å²) in [6.45, 7) is 4.56. The predicted molar refractivity (Wildman–Crippen MR) is 138 cm³/mol. The molecule has 0 atom stereocenters. The van der Waals surface area contributed by atoms with Crippen LogP contribution < -0.4 is 0 Å². The molecule has 1 aromatic rings. The molecule has 0 unspecified atom stereocenters. The Hall–Kier alpha value is -1.29. The molecule has 1 heteroatoms. The molecule has 32 heavy (non-hydrogen) atoms. The zero-order valence-corrected chi connectivity index (χ0v) is 21.2. The van der Waals surface area contributed by atoms with Gasteiger partial charge in [0.05, 0.1) is 11.5 Å². The first-order chi connectivity index (χ1) is 15.7. The van der Waals surface area contributed by atoms with Crippen LogP contribution in [0.3, 0.4) is 0 Å². The average Bonchev–Trinajstić information content (AvgIpc) is 2.85. The number of hydrogen-bond acceptors (Lipinski definition) is 1. The molecular formula is C31H49N. The van der Waals surface area contributed by atoms with Gasteiger partial charge in [-0.3, -0.25) is 0 Å². The maximum Gasteiger partial charge on any atom is 0.0689 e. The normalized spacial score (nSPS) is 28.3. The molecule has 2 aliphatic carbocycles. The van der Waals surface area contributed by atoms with Crippen molar-refractivity contribution in [3.63, 3.8) is 0 Å². The van der Waals surface area contributed by atoms with Gasteiger partial charge < -0.3 is 0 Å². The van der Waals surface area contributed by atoms with E-state index < -0.39 is 0 Å².